The molecule has 2 heterocycles. The number of hydrogen-bond donors (Lipinski definition) is 1. The van der Waals surface area contributed by atoms with Gasteiger partial charge in [0.25, 0.3) is 5.91 Å². The Morgan fingerprint density at radius 1 is 1.00 bits per heavy atom. The maximum Gasteiger partial charge on any atom is 0.256 e. The predicted octanol–water partition coefficient (Wildman–Crippen LogP) is 4.55. The van der Waals surface area contributed by atoms with E-state index in [4.69, 9.17) is 5.26 Å². The first kappa shape index (κ1) is 18.2. The molecule has 0 unspecified atom stereocenters. The van der Waals surface area contributed by atoms with E-state index >= 15 is 0 Å². The van der Waals surface area contributed by atoms with Crippen molar-refractivity contribution in [3.8, 4) is 17.3 Å². The number of carbonyl (C=O) groups is 1. The summed E-state index contributed by atoms with van der Waals surface area (Å²) in [4.78, 5) is 17.4. The molecule has 0 aliphatic heterocycles. The third-order valence-corrected chi connectivity index (χ3v) is 4.06. The highest BCUT2D eigenvalue weighted by Gasteiger charge is 2.17. The molecule has 2 aromatic carbocycles. The van der Waals surface area contributed by atoms with Crippen molar-refractivity contribution in [1.82, 2.24) is 9.38 Å². The van der Waals surface area contributed by atoms with E-state index in [0.29, 0.717) is 22.6 Å². The number of halogens is 1. The molecule has 5 nitrogen and oxygen atoms in total. The van der Waals surface area contributed by atoms with E-state index in [1.165, 1.54) is 0 Å². The summed E-state index contributed by atoms with van der Waals surface area (Å²) in [5.41, 5.74) is 3.22. The van der Waals surface area contributed by atoms with Crippen LogP contribution in [-0.2, 0) is 0 Å². The van der Waals surface area contributed by atoms with Crippen molar-refractivity contribution in [3.63, 3.8) is 0 Å². The number of pyridine rings is 1. The van der Waals surface area contributed by atoms with Crippen LogP contribution in [0, 0.1) is 11.3 Å². The molecule has 6 heteroatoms. The molecular formula is C21H15ClN4O. The normalized spacial score (nSPS) is 10.0. The molecule has 0 spiro atoms. The van der Waals surface area contributed by atoms with Gasteiger partial charge in [-0.25, -0.2) is 4.98 Å². The minimum absolute atomic E-state index is 0. The van der Waals surface area contributed by atoms with Crippen molar-refractivity contribution in [2.24, 2.45) is 0 Å². The molecule has 0 aliphatic carbocycles. The number of nitrogens with one attached hydrogen (secondary N) is 1. The number of imidazole rings is 1. The standard InChI is InChI=1S/C21H14N4O.ClH/c22-14-15-7-6-10-17(13-15)21(26)24-20-19(16-8-2-1-3-9-16)23-18-11-4-5-12-25(18)20;/h1-13H,(H,24,26);1H. The van der Waals surface area contributed by atoms with Crippen LogP contribution in [0.15, 0.2) is 79.0 Å². The lowest BCUT2D eigenvalue weighted by Crippen LogP contribution is -2.14. The van der Waals surface area contributed by atoms with Crippen molar-refractivity contribution >= 4 is 29.8 Å². The van der Waals surface area contributed by atoms with Crippen molar-refractivity contribution in [3.05, 3.63) is 90.1 Å². The van der Waals surface area contributed by atoms with Gasteiger partial charge in [0.1, 0.15) is 17.2 Å². The minimum Gasteiger partial charge on any atom is -0.306 e. The number of nitriles is 1. The summed E-state index contributed by atoms with van der Waals surface area (Å²) in [7, 11) is 0. The molecule has 27 heavy (non-hydrogen) atoms. The zero-order chi connectivity index (χ0) is 17.9. The van der Waals surface area contributed by atoms with Crippen LogP contribution in [-0.4, -0.2) is 15.3 Å². The molecule has 0 bridgehead atoms. The van der Waals surface area contributed by atoms with Gasteiger partial charge in [-0.2, -0.15) is 5.26 Å². The quantitative estimate of drug-likeness (QED) is 0.572. The first-order valence-corrected chi connectivity index (χ1v) is 8.10. The fourth-order valence-electron chi connectivity index (χ4n) is 2.82. The van der Waals surface area contributed by atoms with E-state index in [0.717, 1.165) is 11.2 Å². The van der Waals surface area contributed by atoms with Crippen molar-refractivity contribution in [2.45, 2.75) is 0 Å². The van der Waals surface area contributed by atoms with Gasteiger partial charge in [-0.05, 0) is 30.3 Å². The van der Waals surface area contributed by atoms with Gasteiger partial charge >= 0.3 is 0 Å². The third-order valence-electron chi connectivity index (χ3n) is 4.06. The lowest BCUT2D eigenvalue weighted by Gasteiger charge is -2.08. The van der Waals surface area contributed by atoms with Gasteiger partial charge in [0.2, 0.25) is 0 Å². The monoisotopic (exact) mass is 374 g/mol. The number of rotatable bonds is 3. The first-order chi connectivity index (χ1) is 12.8. The molecule has 0 saturated carbocycles. The lowest BCUT2D eigenvalue weighted by atomic mass is 10.1. The van der Waals surface area contributed by atoms with Gasteiger partial charge < -0.3 is 5.32 Å². The molecule has 0 aliphatic rings. The number of nitrogens with zero attached hydrogens (tertiary/aromatic N) is 3. The van der Waals surface area contributed by atoms with Gasteiger partial charge in [0.15, 0.2) is 0 Å². The largest absolute Gasteiger partial charge is 0.306 e. The highest BCUT2D eigenvalue weighted by molar-refractivity contribution is 6.06. The Bertz CT molecular complexity index is 1150. The zero-order valence-corrected chi connectivity index (χ0v) is 15.0. The summed E-state index contributed by atoms with van der Waals surface area (Å²) in [6, 6.07) is 24.0. The topological polar surface area (TPSA) is 70.2 Å². The third kappa shape index (κ3) is 3.52. The van der Waals surface area contributed by atoms with Gasteiger partial charge in [-0.1, -0.05) is 42.5 Å². The number of anilines is 1. The molecule has 4 rings (SSSR count). The second kappa shape index (κ2) is 7.73. The van der Waals surface area contributed by atoms with E-state index in [-0.39, 0.29) is 18.3 Å². The van der Waals surface area contributed by atoms with E-state index in [2.05, 4.69) is 16.4 Å². The number of benzene rings is 2. The highest BCUT2D eigenvalue weighted by atomic mass is 35.5. The zero-order valence-electron chi connectivity index (χ0n) is 14.2. The van der Waals surface area contributed by atoms with Gasteiger partial charge in [0.05, 0.1) is 11.6 Å². The molecular weight excluding hydrogens is 360 g/mol. The highest BCUT2D eigenvalue weighted by Crippen LogP contribution is 2.29. The number of fused-ring (bicyclic) bond motifs is 1. The predicted molar refractivity (Wildman–Crippen MR) is 107 cm³/mol. The van der Waals surface area contributed by atoms with Crippen LogP contribution < -0.4 is 5.32 Å². The average Bonchev–Trinajstić information content (AvgIpc) is 3.07. The van der Waals surface area contributed by atoms with Gasteiger partial charge in [0, 0.05) is 17.3 Å². The Hall–Kier alpha value is -3.62. The Balaban J connectivity index is 0.00000210. The molecule has 1 N–H and O–H groups in total. The molecule has 0 atom stereocenters. The van der Waals surface area contributed by atoms with Crippen LogP contribution in [0.1, 0.15) is 15.9 Å². The SMILES string of the molecule is Cl.N#Cc1cccc(C(=O)Nc2c(-c3ccccc3)nc3ccccn23)c1. The van der Waals surface area contributed by atoms with E-state index in [1.807, 2.05) is 59.1 Å². The van der Waals surface area contributed by atoms with Crippen LogP contribution in [0.4, 0.5) is 5.82 Å². The Morgan fingerprint density at radius 2 is 1.78 bits per heavy atom. The smallest absolute Gasteiger partial charge is 0.256 e. The number of hydrogen-bond acceptors (Lipinski definition) is 3. The molecule has 1 amide bonds. The second-order valence-electron chi connectivity index (χ2n) is 5.75. The fourth-order valence-corrected chi connectivity index (χ4v) is 2.82. The Morgan fingerprint density at radius 3 is 2.56 bits per heavy atom. The van der Waals surface area contributed by atoms with E-state index in [9.17, 15) is 4.79 Å². The van der Waals surface area contributed by atoms with E-state index < -0.39 is 0 Å². The summed E-state index contributed by atoms with van der Waals surface area (Å²) in [5, 5.41) is 12.0. The summed E-state index contributed by atoms with van der Waals surface area (Å²) in [6.45, 7) is 0. The van der Waals surface area contributed by atoms with E-state index in [1.54, 1.807) is 24.3 Å². The molecule has 0 saturated heterocycles. The fraction of sp³-hybridized carbons (Fsp3) is 0. The number of carbonyl (C=O) groups excluding carboxylic acids is 1. The molecule has 0 fully saturated rings. The first-order valence-electron chi connectivity index (χ1n) is 8.10. The molecule has 4 aromatic rings. The summed E-state index contributed by atoms with van der Waals surface area (Å²) >= 11 is 0. The van der Waals surface area contributed by atoms with Crippen LogP contribution in [0.2, 0.25) is 0 Å². The summed E-state index contributed by atoms with van der Waals surface area (Å²) in [5.74, 6) is 0.309. The number of amides is 1. The Kier molecular flexibility index (Phi) is 5.20. The second-order valence-corrected chi connectivity index (χ2v) is 5.75. The molecule has 2 aromatic heterocycles. The van der Waals surface area contributed by atoms with Crippen LogP contribution in [0.3, 0.4) is 0 Å². The van der Waals surface area contributed by atoms with Crippen molar-refractivity contribution < 1.29 is 4.79 Å². The van der Waals surface area contributed by atoms with Crippen LogP contribution in [0.25, 0.3) is 16.9 Å². The van der Waals surface area contributed by atoms with Gasteiger partial charge in [-0.3, -0.25) is 9.20 Å². The molecule has 0 radical (unpaired) electrons. The van der Waals surface area contributed by atoms with Crippen molar-refractivity contribution in [1.29, 1.82) is 5.26 Å². The summed E-state index contributed by atoms with van der Waals surface area (Å²) < 4.78 is 1.84. The van der Waals surface area contributed by atoms with Crippen molar-refractivity contribution in [2.75, 3.05) is 5.32 Å². The Labute approximate surface area is 162 Å². The van der Waals surface area contributed by atoms with Crippen LogP contribution in [0.5, 0.6) is 0 Å². The summed E-state index contributed by atoms with van der Waals surface area (Å²) in [6.07, 6.45) is 1.86. The molecule has 132 valence electrons. The maximum absolute atomic E-state index is 12.7. The van der Waals surface area contributed by atoms with Gasteiger partial charge in [-0.15, -0.1) is 12.4 Å². The van der Waals surface area contributed by atoms with Crippen LogP contribution >= 0.6 is 12.4 Å². The number of aromatic nitrogens is 2. The average molecular weight is 375 g/mol. The minimum atomic E-state index is -0.287. The lowest BCUT2D eigenvalue weighted by molar-refractivity contribution is 0.102. The maximum atomic E-state index is 12.7.